The van der Waals surface area contributed by atoms with Gasteiger partial charge in [-0.15, -0.1) is 0 Å². The highest BCUT2D eigenvalue weighted by molar-refractivity contribution is 7.89. The molecule has 0 aliphatic carbocycles. The topological polar surface area (TPSA) is 79.3 Å². The molecule has 19 heavy (non-hydrogen) atoms. The molecule has 6 heteroatoms. The average molecular weight is 286 g/mol. The minimum absolute atomic E-state index is 0.0153. The van der Waals surface area contributed by atoms with E-state index in [9.17, 15) is 13.5 Å². The molecule has 0 spiro atoms. The first-order valence-electron chi connectivity index (χ1n) is 6.43. The maximum Gasteiger partial charge on any atom is 0.212 e. The Bertz CT molecular complexity index is 460. The standard InChI is InChI=1S/C13H22N2O3S/c1-11(2)9-13(10-16)15-19(17,18)8-6-12-5-3-4-7-14-12/h3-5,7,11,13,15-16H,6,8-10H2,1-2H3. The van der Waals surface area contributed by atoms with Gasteiger partial charge in [-0.25, -0.2) is 13.1 Å². The molecule has 0 saturated heterocycles. The van der Waals surface area contributed by atoms with Gasteiger partial charge in [0.25, 0.3) is 0 Å². The summed E-state index contributed by atoms with van der Waals surface area (Å²) >= 11 is 0. The van der Waals surface area contributed by atoms with E-state index in [4.69, 9.17) is 0 Å². The fourth-order valence-electron chi connectivity index (χ4n) is 1.83. The molecule has 1 aromatic rings. The monoisotopic (exact) mass is 286 g/mol. The van der Waals surface area contributed by atoms with E-state index in [1.54, 1.807) is 18.3 Å². The summed E-state index contributed by atoms with van der Waals surface area (Å²) in [5.74, 6) is 0.314. The highest BCUT2D eigenvalue weighted by Gasteiger charge is 2.18. The van der Waals surface area contributed by atoms with Crippen LogP contribution in [0.2, 0.25) is 0 Å². The first kappa shape index (κ1) is 16.1. The number of sulfonamides is 1. The Kier molecular flexibility index (Phi) is 6.41. The van der Waals surface area contributed by atoms with Crippen LogP contribution in [-0.4, -0.2) is 36.9 Å². The fraction of sp³-hybridized carbons (Fsp3) is 0.615. The van der Waals surface area contributed by atoms with Crippen molar-refractivity contribution in [1.29, 1.82) is 0 Å². The van der Waals surface area contributed by atoms with Gasteiger partial charge in [0, 0.05) is 24.4 Å². The molecule has 2 N–H and O–H groups in total. The van der Waals surface area contributed by atoms with Crippen LogP contribution in [0.5, 0.6) is 0 Å². The molecule has 0 aliphatic rings. The van der Waals surface area contributed by atoms with E-state index in [-0.39, 0.29) is 12.4 Å². The zero-order chi connectivity index (χ0) is 14.3. The molecule has 0 amide bonds. The summed E-state index contributed by atoms with van der Waals surface area (Å²) in [6.45, 7) is 3.80. The summed E-state index contributed by atoms with van der Waals surface area (Å²) < 4.78 is 26.3. The molecule has 0 aromatic carbocycles. The van der Waals surface area contributed by atoms with Gasteiger partial charge in [-0.1, -0.05) is 19.9 Å². The molecule has 1 rings (SSSR count). The molecular weight excluding hydrogens is 264 g/mol. The molecule has 0 aliphatic heterocycles. The first-order valence-corrected chi connectivity index (χ1v) is 8.09. The summed E-state index contributed by atoms with van der Waals surface area (Å²) in [5.41, 5.74) is 0.747. The summed E-state index contributed by atoms with van der Waals surface area (Å²) in [4.78, 5) is 4.09. The second-order valence-electron chi connectivity index (χ2n) is 5.02. The SMILES string of the molecule is CC(C)CC(CO)NS(=O)(=O)CCc1ccccn1. The zero-order valence-electron chi connectivity index (χ0n) is 11.4. The highest BCUT2D eigenvalue weighted by atomic mass is 32.2. The quantitative estimate of drug-likeness (QED) is 0.746. The molecule has 1 atom stereocenters. The van der Waals surface area contributed by atoms with Crippen molar-refractivity contribution in [3.05, 3.63) is 30.1 Å². The van der Waals surface area contributed by atoms with Crippen LogP contribution in [0.1, 0.15) is 26.0 Å². The van der Waals surface area contributed by atoms with Gasteiger partial charge in [0.1, 0.15) is 0 Å². The molecule has 1 aromatic heterocycles. The Morgan fingerprint density at radius 3 is 2.63 bits per heavy atom. The Labute approximate surface area is 115 Å². The summed E-state index contributed by atoms with van der Waals surface area (Å²) in [6.07, 6.45) is 2.64. The molecular formula is C13H22N2O3S. The molecule has 0 bridgehead atoms. The van der Waals surface area contributed by atoms with E-state index >= 15 is 0 Å². The van der Waals surface area contributed by atoms with Crippen LogP contribution < -0.4 is 4.72 Å². The number of aryl methyl sites for hydroxylation is 1. The van der Waals surface area contributed by atoms with E-state index in [1.165, 1.54) is 0 Å². The van der Waals surface area contributed by atoms with Crippen LogP contribution >= 0.6 is 0 Å². The lowest BCUT2D eigenvalue weighted by molar-refractivity contribution is 0.240. The number of nitrogens with zero attached hydrogens (tertiary/aromatic N) is 1. The fourth-order valence-corrected chi connectivity index (χ4v) is 3.10. The molecule has 0 saturated carbocycles. The Balaban J connectivity index is 2.51. The maximum atomic E-state index is 11.9. The normalized spacial score (nSPS) is 13.7. The van der Waals surface area contributed by atoms with Crippen LogP contribution in [0.3, 0.4) is 0 Å². The van der Waals surface area contributed by atoms with Gasteiger partial charge < -0.3 is 5.11 Å². The third kappa shape index (κ3) is 6.66. The Hall–Kier alpha value is -0.980. The number of hydrogen-bond acceptors (Lipinski definition) is 4. The van der Waals surface area contributed by atoms with Gasteiger partial charge in [-0.05, 0) is 24.5 Å². The smallest absolute Gasteiger partial charge is 0.212 e. The second kappa shape index (κ2) is 7.57. The van der Waals surface area contributed by atoms with Crippen LogP contribution in [0.25, 0.3) is 0 Å². The van der Waals surface area contributed by atoms with E-state index < -0.39 is 16.1 Å². The van der Waals surface area contributed by atoms with E-state index in [0.29, 0.717) is 18.8 Å². The number of hydrogen-bond donors (Lipinski definition) is 2. The Morgan fingerprint density at radius 2 is 2.11 bits per heavy atom. The molecule has 1 heterocycles. The van der Waals surface area contributed by atoms with E-state index in [2.05, 4.69) is 9.71 Å². The maximum absolute atomic E-state index is 11.9. The first-order chi connectivity index (χ1) is 8.93. The Morgan fingerprint density at radius 1 is 1.37 bits per heavy atom. The summed E-state index contributed by atoms with van der Waals surface area (Å²) in [7, 11) is -3.39. The average Bonchev–Trinajstić information content (AvgIpc) is 2.36. The predicted molar refractivity (Wildman–Crippen MR) is 75.2 cm³/mol. The molecule has 108 valence electrons. The molecule has 0 fully saturated rings. The predicted octanol–water partition coefficient (Wildman–Crippen LogP) is 0.950. The van der Waals surface area contributed by atoms with Crippen LogP contribution in [0.4, 0.5) is 0 Å². The van der Waals surface area contributed by atoms with E-state index in [1.807, 2.05) is 19.9 Å². The van der Waals surface area contributed by atoms with Gasteiger partial charge in [0.2, 0.25) is 10.0 Å². The zero-order valence-corrected chi connectivity index (χ0v) is 12.2. The van der Waals surface area contributed by atoms with Crippen molar-refractivity contribution < 1.29 is 13.5 Å². The van der Waals surface area contributed by atoms with Gasteiger partial charge in [0.05, 0.1) is 12.4 Å². The van der Waals surface area contributed by atoms with Gasteiger partial charge >= 0.3 is 0 Å². The van der Waals surface area contributed by atoms with Crippen molar-refractivity contribution in [2.24, 2.45) is 5.92 Å². The van der Waals surface area contributed by atoms with Gasteiger partial charge in [-0.3, -0.25) is 4.98 Å². The lowest BCUT2D eigenvalue weighted by Crippen LogP contribution is -2.40. The van der Waals surface area contributed by atoms with Crippen LogP contribution in [-0.2, 0) is 16.4 Å². The molecule has 0 radical (unpaired) electrons. The van der Waals surface area contributed by atoms with Crippen molar-refractivity contribution >= 4 is 10.0 Å². The third-order valence-corrected chi connectivity index (χ3v) is 4.11. The second-order valence-corrected chi connectivity index (χ2v) is 6.89. The number of aliphatic hydroxyl groups excluding tert-OH is 1. The lowest BCUT2D eigenvalue weighted by atomic mass is 10.1. The summed E-state index contributed by atoms with van der Waals surface area (Å²) in [6, 6.07) is 5.01. The number of rotatable bonds is 8. The van der Waals surface area contributed by atoms with Crippen molar-refractivity contribution in [3.8, 4) is 0 Å². The van der Waals surface area contributed by atoms with Gasteiger partial charge in [0.15, 0.2) is 0 Å². The van der Waals surface area contributed by atoms with Crippen molar-refractivity contribution in [2.75, 3.05) is 12.4 Å². The highest BCUT2D eigenvalue weighted by Crippen LogP contribution is 2.06. The number of nitrogens with one attached hydrogen (secondary N) is 1. The van der Waals surface area contributed by atoms with Crippen molar-refractivity contribution in [3.63, 3.8) is 0 Å². The van der Waals surface area contributed by atoms with Crippen molar-refractivity contribution in [2.45, 2.75) is 32.7 Å². The van der Waals surface area contributed by atoms with Crippen LogP contribution in [0, 0.1) is 5.92 Å². The largest absolute Gasteiger partial charge is 0.395 e. The number of pyridine rings is 1. The van der Waals surface area contributed by atoms with Gasteiger partial charge in [-0.2, -0.15) is 0 Å². The molecule has 5 nitrogen and oxygen atoms in total. The number of aliphatic hydroxyl groups is 1. The lowest BCUT2D eigenvalue weighted by Gasteiger charge is -2.18. The third-order valence-electron chi connectivity index (χ3n) is 2.68. The number of aromatic nitrogens is 1. The minimum Gasteiger partial charge on any atom is -0.395 e. The minimum atomic E-state index is -3.39. The summed E-state index contributed by atoms with van der Waals surface area (Å²) in [5, 5.41) is 9.18. The van der Waals surface area contributed by atoms with Crippen LogP contribution in [0.15, 0.2) is 24.4 Å². The van der Waals surface area contributed by atoms with E-state index in [0.717, 1.165) is 5.69 Å². The van der Waals surface area contributed by atoms with Crippen molar-refractivity contribution in [1.82, 2.24) is 9.71 Å². The molecule has 1 unspecified atom stereocenters.